The molecule has 1 aliphatic heterocycles. The average molecular weight is 487 g/mol. The lowest BCUT2D eigenvalue weighted by atomic mass is 9.89. The van der Waals surface area contributed by atoms with Crippen molar-refractivity contribution in [1.82, 2.24) is 30.4 Å². The van der Waals surface area contributed by atoms with Crippen molar-refractivity contribution >= 4 is 5.97 Å². The zero-order valence-corrected chi connectivity index (χ0v) is 20.9. The summed E-state index contributed by atoms with van der Waals surface area (Å²) in [5, 5.41) is 24.6. The van der Waals surface area contributed by atoms with Crippen molar-refractivity contribution < 1.29 is 9.90 Å². The van der Waals surface area contributed by atoms with Crippen LogP contribution in [0.3, 0.4) is 0 Å². The molecule has 0 spiro atoms. The molecule has 1 fully saturated rings. The van der Waals surface area contributed by atoms with E-state index in [4.69, 9.17) is 0 Å². The normalized spacial score (nSPS) is 16.7. The Morgan fingerprint density at radius 1 is 1.03 bits per heavy atom. The van der Waals surface area contributed by atoms with Crippen LogP contribution in [0.4, 0.5) is 0 Å². The van der Waals surface area contributed by atoms with Gasteiger partial charge in [0.25, 0.3) is 0 Å². The number of carboxylic acids is 1. The van der Waals surface area contributed by atoms with Crippen molar-refractivity contribution in [1.29, 1.82) is 0 Å². The van der Waals surface area contributed by atoms with Gasteiger partial charge in [-0.2, -0.15) is 5.21 Å². The minimum absolute atomic E-state index is 0.507. The molecule has 0 radical (unpaired) electrons. The van der Waals surface area contributed by atoms with Gasteiger partial charge in [0.05, 0.1) is 6.67 Å². The van der Waals surface area contributed by atoms with E-state index in [2.05, 4.69) is 67.7 Å². The van der Waals surface area contributed by atoms with Gasteiger partial charge in [-0.1, -0.05) is 81.1 Å². The number of rotatable bonds is 9. The Kier molecular flexibility index (Phi) is 7.30. The minimum Gasteiger partial charge on any atom is -0.477 e. The van der Waals surface area contributed by atoms with Crippen molar-refractivity contribution in [2.75, 3.05) is 13.2 Å². The number of hydrogen-bond donors (Lipinski definition) is 2. The second-order valence-electron chi connectivity index (χ2n) is 9.89. The molecule has 2 N–H and O–H groups in total. The van der Waals surface area contributed by atoms with Gasteiger partial charge in [-0.3, -0.25) is 0 Å². The first kappa shape index (κ1) is 24.0. The number of nitrogens with zero attached hydrogens (tertiary/aromatic N) is 5. The van der Waals surface area contributed by atoms with Crippen LogP contribution in [-0.2, 0) is 11.3 Å². The van der Waals surface area contributed by atoms with Crippen LogP contribution in [0.15, 0.2) is 59.9 Å². The van der Waals surface area contributed by atoms with Gasteiger partial charge in [0.2, 0.25) is 5.82 Å². The summed E-state index contributed by atoms with van der Waals surface area (Å²) in [7, 11) is 0. The molecule has 0 atom stereocenters. The number of benzene rings is 2. The van der Waals surface area contributed by atoms with Crippen LogP contribution in [0.25, 0.3) is 22.5 Å². The van der Waals surface area contributed by atoms with Crippen LogP contribution < -0.4 is 0 Å². The highest BCUT2D eigenvalue weighted by Gasteiger charge is 2.34. The Bertz CT molecular complexity index is 1200. The molecule has 8 heteroatoms. The van der Waals surface area contributed by atoms with E-state index in [-0.39, 0.29) is 0 Å². The topological polar surface area (TPSA) is 98.2 Å². The van der Waals surface area contributed by atoms with Gasteiger partial charge < -0.3 is 14.9 Å². The number of aliphatic carboxylic acids is 1. The van der Waals surface area contributed by atoms with Crippen LogP contribution >= 0.6 is 0 Å². The fraction of sp³-hybridized carbons (Fsp3) is 0.429. The molecule has 188 valence electrons. The number of tetrazole rings is 1. The Hall–Kier alpha value is -3.68. The van der Waals surface area contributed by atoms with Crippen LogP contribution in [0.1, 0.15) is 57.4 Å². The molecule has 8 nitrogen and oxygen atoms in total. The molecule has 0 unspecified atom stereocenters. The van der Waals surface area contributed by atoms with Crippen molar-refractivity contribution in [2.45, 2.75) is 58.4 Å². The number of nitrogens with one attached hydrogen (secondary N) is 1. The standard InChI is InChI=1S/C28H34N6O2/c1-2-8-25-26(28(35)36)34(18-20-9-4-3-5-10-20)19-33(25)17-21-13-15-22(16-14-21)23-11-6-7-12-24(23)27-29-31-32-30-27/h6-7,11-16,20H,2-5,8-10,17-19H2,1H3,(H,35,36)(H,29,30,31,32). The highest BCUT2D eigenvalue weighted by Crippen LogP contribution is 2.34. The monoisotopic (exact) mass is 486 g/mol. The molecule has 5 rings (SSSR count). The maximum atomic E-state index is 12.3. The number of aromatic nitrogens is 4. The van der Waals surface area contributed by atoms with Crippen molar-refractivity contribution in [3.05, 3.63) is 65.5 Å². The van der Waals surface area contributed by atoms with Gasteiger partial charge in [-0.15, -0.1) is 10.2 Å². The number of hydrogen-bond acceptors (Lipinski definition) is 6. The van der Waals surface area contributed by atoms with Gasteiger partial charge >= 0.3 is 5.97 Å². The molecular formula is C28H34N6O2. The summed E-state index contributed by atoms with van der Waals surface area (Å²) in [6.45, 7) is 4.30. The van der Waals surface area contributed by atoms with Crippen molar-refractivity contribution in [3.63, 3.8) is 0 Å². The molecule has 2 aromatic carbocycles. The van der Waals surface area contributed by atoms with E-state index < -0.39 is 5.97 Å². The van der Waals surface area contributed by atoms with E-state index in [1.165, 1.54) is 32.1 Å². The lowest BCUT2D eigenvalue weighted by Crippen LogP contribution is -2.34. The zero-order chi connectivity index (χ0) is 24.9. The molecule has 0 amide bonds. The Balaban J connectivity index is 1.36. The summed E-state index contributed by atoms with van der Waals surface area (Å²) >= 11 is 0. The summed E-state index contributed by atoms with van der Waals surface area (Å²) in [5.41, 5.74) is 5.69. The lowest BCUT2D eigenvalue weighted by molar-refractivity contribution is -0.134. The van der Waals surface area contributed by atoms with Crippen LogP contribution in [0, 0.1) is 5.92 Å². The van der Waals surface area contributed by atoms with E-state index in [1.54, 1.807) is 0 Å². The Morgan fingerprint density at radius 3 is 2.44 bits per heavy atom. The van der Waals surface area contributed by atoms with Gasteiger partial charge in [0, 0.05) is 24.4 Å². The SMILES string of the molecule is CCCC1=C(C(=O)O)N(CC2CCCCC2)CN1Cc1ccc(-c2ccccc2-c2nn[nH]n2)cc1. The summed E-state index contributed by atoms with van der Waals surface area (Å²) in [5.74, 6) is 0.361. The van der Waals surface area contributed by atoms with Crippen LogP contribution in [-0.4, -0.2) is 54.7 Å². The highest BCUT2D eigenvalue weighted by molar-refractivity contribution is 5.87. The summed E-state index contributed by atoms with van der Waals surface area (Å²) in [6, 6.07) is 16.5. The van der Waals surface area contributed by atoms with Crippen LogP contribution in [0.5, 0.6) is 0 Å². The minimum atomic E-state index is -0.801. The third-order valence-electron chi connectivity index (χ3n) is 7.36. The molecule has 0 bridgehead atoms. The van der Waals surface area contributed by atoms with Crippen molar-refractivity contribution in [3.8, 4) is 22.5 Å². The predicted molar refractivity (Wildman–Crippen MR) is 138 cm³/mol. The van der Waals surface area contributed by atoms with E-state index in [0.717, 1.165) is 47.3 Å². The third kappa shape index (κ3) is 5.12. The summed E-state index contributed by atoms with van der Waals surface area (Å²) < 4.78 is 0. The molecule has 2 aliphatic rings. The number of carbonyl (C=O) groups is 1. The van der Waals surface area contributed by atoms with Crippen molar-refractivity contribution in [2.24, 2.45) is 5.92 Å². The van der Waals surface area contributed by atoms with E-state index in [0.29, 0.717) is 30.7 Å². The fourth-order valence-electron chi connectivity index (χ4n) is 5.66. The molecule has 2 heterocycles. The molecule has 0 saturated heterocycles. The molecule has 1 aromatic heterocycles. The second kappa shape index (κ2) is 10.9. The number of aromatic amines is 1. The summed E-state index contributed by atoms with van der Waals surface area (Å²) in [4.78, 5) is 16.7. The maximum Gasteiger partial charge on any atom is 0.354 e. The number of allylic oxidation sites excluding steroid dienone is 1. The van der Waals surface area contributed by atoms with Crippen LogP contribution in [0.2, 0.25) is 0 Å². The average Bonchev–Trinajstić information content (AvgIpc) is 3.54. The van der Waals surface area contributed by atoms with E-state index in [1.807, 2.05) is 18.2 Å². The molecule has 1 aliphatic carbocycles. The van der Waals surface area contributed by atoms with Gasteiger partial charge in [-0.05, 0) is 47.1 Å². The molecule has 3 aromatic rings. The van der Waals surface area contributed by atoms with Gasteiger partial charge in [0.1, 0.15) is 5.70 Å². The Labute approximate surface area is 212 Å². The Morgan fingerprint density at radius 2 is 1.78 bits per heavy atom. The first-order valence-electron chi connectivity index (χ1n) is 13.0. The summed E-state index contributed by atoms with van der Waals surface area (Å²) in [6.07, 6.45) is 7.95. The maximum absolute atomic E-state index is 12.3. The van der Waals surface area contributed by atoms with E-state index in [9.17, 15) is 9.90 Å². The smallest absolute Gasteiger partial charge is 0.354 e. The molecular weight excluding hydrogens is 452 g/mol. The predicted octanol–water partition coefficient (Wildman–Crippen LogP) is 5.29. The first-order chi connectivity index (χ1) is 17.6. The molecule has 1 saturated carbocycles. The lowest BCUT2D eigenvalue weighted by Gasteiger charge is -2.29. The largest absolute Gasteiger partial charge is 0.477 e. The van der Waals surface area contributed by atoms with Gasteiger partial charge in [0.15, 0.2) is 0 Å². The van der Waals surface area contributed by atoms with E-state index >= 15 is 0 Å². The van der Waals surface area contributed by atoms with Gasteiger partial charge in [-0.25, -0.2) is 4.79 Å². The quantitative estimate of drug-likeness (QED) is 0.424. The number of carboxylic acid groups (broad SMARTS) is 1. The second-order valence-corrected chi connectivity index (χ2v) is 9.89. The third-order valence-corrected chi connectivity index (χ3v) is 7.36. The molecule has 36 heavy (non-hydrogen) atoms. The highest BCUT2D eigenvalue weighted by atomic mass is 16.4. The number of H-pyrrole nitrogens is 1. The first-order valence-corrected chi connectivity index (χ1v) is 13.0. The fourth-order valence-corrected chi connectivity index (χ4v) is 5.66. The zero-order valence-electron chi connectivity index (χ0n) is 20.9.